The van der Waals surface area contributed by atoms with Crippen LogP contribution >= 0.6 is 0 Å². The second-order valence-electron chi connectivity index (χ2n) is 14.2. The van der Waals surface area contributed by atoms with Gasteiger partial charge in [-0.25, -0.2) is 0 Å². The maximum atomic E-state index is 12.8. The summed E-state index contributed by atoms with van der Waals surface area (Å²) < 4.78 is 36.0. The first-order valence-corrected chi connectivity index (χ1v) is 21.4. The third-order valence-corrected chi connectivity index (χ3v) is 11.0. The molecule has 0 aliphatic carbocycles. The van der Waals surface area contributed by atoms with Gasteiger partial charge in [-0.1, -0.05) is 205 Å². The van der Waals surface area contributed by atoms with Crippen LogP contribution < -0.4 is 0 Å². The molecule has 46 heavy (non-hydrogen) atoms. The van der Waals surface area contributed by atoms with Crippen molar-refractivity contribution in [2.45, 2.75) is 211 Å². The summed E-state index contributed by atoms with van der Waals surface area (Å²) >= 11 is 0. The van der Waals surface area contributed by atoms with E-state index in [9.17, 15) is 13.0 Å². The van der Waals surface area contributed by atoms with Crippen molar-refractivity contribution >= 4 is 20.9 Å². The largest absolute Gasteiger partial charge is 0.295 e. The Hall–Kier alpha value is -1.39. The van der Waals surface area contributed by atoms with Crippen molar-refractivity contribution in [1.82, 2.24) is 0 Å². The van der Waals surface area contributed by atoms with E-state index in [4.69, 9.17) is 0 Å². The van der Waals surface area contributed by atoms with Crippen LogP contribution in [-0.4, -0.2) is 13.0 Å². The average molecular weight is 657 g/mol. The predicted molar refractivity (Wildman–Crippen MR) is 202 cm³/mol. The van der Waals surface area contributed by atoms with Crippen molar-refractivity contribution in [2.75, 3.05) is 0 Å². The minimum absolute atomic E-state index is 0.204. The summed E-state index contributed by atoms with van der Waals surface area (Å²) in [7, 11) is -4.29. The highest BCUT2D eigenvalue weighted by Gasteiger charge is 2.22. The van der Waals surface area contributed by atoms with E-state index in [2.05, 4.69) is 19.9 Å². The van der Waals surface area contributed by atoms with Gasteiger partial charge in [0, 0.05) is 0 Å². The van der Waals surface area contributed by atoms with E-state index in [-0.39, 0.29) is 4.90 Å². The van der Waals surface area contributed by atoms with E-state index >= 15 is 0 Å². The molecule has 3 nitrogen and oxygen atoms in total. The van der Waals surface area contributed by atoms with Crippen LogP contribution in [0.1, 0.15) is 205 Å². The number of benzene rings is 2. The lowest BCUT2D eigenvalue weighted by molar-refractivity contribution is 0.480. The topological polar surface area (TPSA) is 54.4 Å². The first-order chi connectivity index (χ1) is 22.5. The van der Waals surface area contributed by atoms with Crippen molar-refractivity contribution in [3.05, 3.63) is 41.5 Å². The molecule has 0 saturated carbocycles. The molecule has 0 atom stereocenters. The molecule has 0 aliphatic rings. The van der Waals surface area contributed by atoms with Gasteiger partial charge in [0.15, 0.2) is 0 Å². The SMILES string of the molecule is CCCCCCCCCCCCCCCCc1cc2ccccc2c(CCCCCCCCCCCCCCCC)c1S(=O)(=O)O. The van der Waals surface area contributed by atoms with Gasteiger partial charge >= 0.3 is 0 Å². The molecule has 0 radical (unpaired) electrons. The molecular weight excluding hydrogens is 585 g/mol. The van der Waals surface area contributed by atoms with Gasteiger partial charge in [0.1, 0.15) is 4.90 Å². The molecule has 0 aliphatic heterocycles. The second-order valence-corrected chi connectivity index (χ2v) is 15.6. The van der Waals surface area contributed by atoms with Crippen LogP contribution in [0, 0.1) is 0 Å². The Balaban J connectivity index is 1.73. The molecular formula is C42H72O3S. The molecule has 0 aromatic heterocycles. The number of unbranched alkanes of at least 4 members (excludes halogenated alkanes) is 26. The number of hydrogen-bond donors (Lipinski definition) is 1. The van der Waals surface area contributed by atoms with Gasteiger partial charge < -0.3 is 0 Å². The summed E-state index contributed by atoms with van der Waals surface area (Å²) in [6.07, 6.45) is 38.0. The highest BCUT2D eigenvalue weighted by Crippen LogP contribution is 2.32. The van der Waals surface area contributed by atoms with Gasteiger partial charge in [-0.3, -0.25) is 4.55 Å². The summed E-state index contributed by atoms with van der Waals surface area (Å²) in [5.74, 6) is 0. The third kappa shape index (κ3) is 18.2. The fraction of sp³-hybridized carbons (Fsp3) is 0.762. The molecule has 0 unspecified atom stereocenters. The molecule has 0 heterocycles. The normalized spacial score (nSPS) is 12.0. The Bertz CT molecular complexity index is 1120. The smallest absolute Gasteiger partial charge is 0.282 e. The standard InChI is InChI=1S/C42H72O3S/c1-3-5-7-9-11-13-15-17-19-21-23-25-27-29-34-39-37-38-33-31-32-35-40(38)41(42(39)46(43,44)45)36-30-28-26-24-22-20-18-16-14-12-10-8-6-4-2/h31-33,35,37H,3-30,34,36H2,1-2H3,(H,43,44,45). The van der Waals surface area contributed by atoms with Crippen LogP contribution in [-0.2, 0) is 23.0 Å². The lowest BCUT2D eigenvalue weighted by Crippen LogP contribution is -2.09. The quantitative estimate of drug-likeness (QED) is 0.0649. The van der Waals surface area contributed by atoms with E-state index in [1.165, 1.54) is 154 Å². The molecule has 2 aromatic carbocycles. The van der Waals surface area contributed by atoms with Gasteiger partial charge in [-0.05, 0) is 53.6 Å². The zero-order chi connectivity index (χ0) is 33.1. The van der Waals surface area contributed by atoms with E-state index in [1.54, 1.807) is 0 Å². The lowest BCUT2D eigenvalue weighted by Gasteiger charge is -2.16. The van der Waals surface area contributed by atoms with Crippen LogP contribution in [0.4, 0.5) is 0 Å². The number of hydrogen-bond acceptors (Lipinski definition) is 2. The minimum Gasteiger partial charge on any atom is -0.282 e. The molecule has 4 heteroatoms. The molecule has 0 fully saturated rings. The van der Waals surface area contributed by atoms with E-state index in [0.29, 0.717) is 12.8 Å². The maximum Gasteiger partial charge on any atom is 0.295 e. The fourth-order valence-corrected chi connectivity index (χ4v) is 8.24. The van der Waals surface area contributed by atoms with Crippen LogP contribution in [0.15, 0.2) is 35.2 Å². The Labute approximate surface area is 285 Å². The number of rotatable bonds is 31. The summed E-state index contributed by atoms with van der Waals surface area (Å²) in [5.41, 5.74) is 1.64. The molecule has 0 spiro atoms. The van der Waals surface area contributed by atoms with E-state index in [0.717, 1.165) is 47.6 Å². The first kappa shape index (κ1) is 40.8. The number of aryl methyl sites for hydroxylation is 2. The van der Waals surface area contributed by atoms with Crippen LogP contribution in [0.2, 0.25) is 0 Å². The Morgan fingerprint density at radius 3 is 1.22 bits per heavy atom. The van der Waals surface area contributed by atoms with Crippen LogP contribution in [0.5, 0.6) is 0 Å². The van der Waals surface area contributed by atoms with Crippen molar-refractivity contribution in [2.24, 2.45) is 0 Å². The van der Waals surface area contributed by atoms with Gasteiger partial charge in [0.05, 0.1) is 0 Å². The first-order valence-electron chi connectivity index (χ1n) is 20.0. The van der Waals surface area contributed by atoms with Gasteiger partial charge in [-0.2, -0.15) is 8.42 Å². The zero-order valence-electron chi connectivity index (χ0n) is 30.3. The van der Waals surface area contributed by atoms with E-state index in [1.807, 2.05) is 24.3 Å². The monoisotopic (exact) mass is 657 g/mol. The van der Waals surface area contributed by atoms with Crippen LogP contribution in [0.3, 0.4) is 0 Å². The Morgan fingerprint density at radius 1 is 0.478 bits per heavy atom. The Morgan fingerprint density at radius 2 is 0.826 bits per heavy atom. The molecule has 0 amide bonds. The third-order valence-electron chi connectivity index (χ3n) is 10.0. The molecule has 0 saturated heterocycles. The minimum atomic E-state index is -4.29. The van der Waals surface area contributed by atoms with Gasteiger partial charge in [0.25, 0.3) is 10.1 Å². The lowest BCUT2D eigenvalue weighted by atomic mass is 9.94. The molecule has 1 N–H and O–H groups in total. The molecule has 2 rings (SSSR count). The van der Waals surface area contributed by atoms with Crippen LogP contribution in [0.25, 0.3) is 10.8 Å². The van der Waals surface area contributed by atoms with Crippen molar-refractivity contribution in [1.29, 1.82) is 0 Å². The summed E-state index contributed by atoms with van der Waals surface area (Å²) in [5, 5.41) is 2.07. The highest BCUT2D eigenvalue weighted by molar-refractivity contribution is 7.86. The van der Waals surface area contributed by atoms with Crippen molar-refractivity contribution < 1.29 is 13.0 Å². The maximum absolute atomic E-state index is 12.8. The average Bonchev–Trinajstić information content (AvgIpc) is 3.04. The zero-order valence-corrected chi connectivity index (χ0v) is 31.1. The number of fused-ring (bicyclic) bond motifs is 1. The van der Waals surface area contributed by atoms with Crippen molar-refractivity contribution in [3.8, 4) is 0 Å². The molecule has 264 valence electrons. The van der Waals surface area contributed by atoms with Crippen molar-refractivity contribution in [3.63, 3.8) is 0 Å². The van der Waals surface area contributed by atoms with E-state index < -0.39 is 10.1 Å². The highest BCUT2D eigenvalue weighted by atomic mass is 32.2. The summed E-state index contributed by atoms with van der Waals surface area (Å²) in [4.78, 5) is 0.204. The summed E-state index contributed by atoms with van der Waals surface area (Å²) in [6, 6.07) is 10.2. The predicted octanol–water partition coefficient (Wildman–Crippen LogP) is 14.1. The summed E-state index contributed by atoms with van der Waals surface area (Å²) in [6.45, 7) is 4.55. The van der Waals surface area contributed by atoms with Gasteiger partial charge in [-0.15, -0.1) is 0 Å². The van der Waals surface area contributed by atoms with Gasteiger partial charge in [0.2, 0.25) is 0 Å². The fourth-order valence-electron chi connectivity index (χ4n) is 7.23. The Kier molecular flexibility index (Phi) is 23.5. The molecule has 0 bridgehead atoms. The second kappa shape index (κ2) is 26.6. The molecule has 2 aromatic rings.